The summed E-state index contributed by atoms with van der Waals surface area (Å²) >= 11 is 1.69. The molecule has 1 heterocycles. The van der Waals surface area contributed by atoms with Gasteiger partial charge in [0.05, 0.1) is 11.8 Å². The molecule has 2 nitrogen and oxygen atoms in total. The molecule has 2 rings (SSSR count). The molecule has 0 aliphatic carbocycles. The number of hydrogen-bond acceptors (Lipinski definition) is 3. The van der Waals surface area contributed by atoms with E-state index in [1.54, 1.807) is 11.3 Å². The third-order valence-corrected chi connectivity index (χ3v) is 3.64. The van der Waals surface area contributed by atoms with Crippen molar-refractivity contribution in [3.05, 3.63) is 40.9 Å². The normalized spacial score (nSPS) is 10.0. The maximum absolute atomic E-state index is 8.58. The Hall–Kier alpha value is -1.66. The van der Waals surface area contributed by atoms with Crippen LogP contribution in [-0.4, -0.2) is 4.98 Å². The predicted octanol–water partition coefficient (Wildman–Crippen LogP) is 3.57. The zero-order valence-corrected chi connectivity index (χ0v) is 9.92. The minimum atomic E-state index is 0.567. The molecule has 2 aromatic rings. The van der Waals surface area contributed by atoms with E-state index in [0.29, 0.717) is 6.42 Å². The van der Waals surface area contributed by atoms with Crippen molar-refractivity contribution < 1.29 is 0 Å². The van der Waals surface area contributed by atoms with E-state index in [1.165, 1.54) is 4.88 Å². The van der Waals surface area contributed by atoms with Gasteiger partial charge in [-0.05, 0) is 13.3 Å². The number of thiazole rings is 1. The first-order valence-electron chi connectivity index (χ1n) is 5.20. The molecule has 0 saturated carbocycles. The van der Waals surface area contributed by atoms with Crippen molar-refractivity contribution in [2.45, 2.75) is 19.8 Å². The van der Waals surface area contributed by atoms with E-state index in [9.17, 15) is 0 Å². The Labute approximate surface area is 99.2 Å². The maximum atomic E-state index is 8.58. The quantitative estimate of drug-likeness (QED) is 0.805. The summed E-state index contributed by atoms with van der Waals surface area (Å²) in [4.78, 5) is 5.77. The Bertz CT molecular complexity index is 508. The first kappa shape index (κ1) is 10.8. The van der Waals surface area contributed by atoms with Crippen LogP contribution in [0.1, 0.15) is 17.0 Å². The molecule has 0 N–H and O–H groups in total. The Morgan fingerprint density at radius 2 is 2.06 bits per heavy atom. The van der Waals surface area contributed by atoms with Crippen molar-refractivity contribution in [2.24, 2.45) is 0 Å². The van der Waals surface area contributed by atoms with Gasteiger partial charge in [-0.25, -0.2) is 4.98 Å². The third kappa shape index (κ3) is 2.29. The van der Waals surface area contributed by atoms with Gasteiger partial charge in [0.25, 0.3) is 0 Å². The molecule has 0 amide bonds. The lowest BCUT2D eigenvalue weighted by Gasteiger charge is -1.92. The van der Waals surface area contributed by atoms with E-state index in [2.05, 4.69) is 23.2 Å². The highest BCUT2D eigenvalue weighted by Gasteiger charge is 2.08. The summed E-state index contributed by atoms with van der Waals surface area (Å²) in [5.74, 6) is 0. The molecule has 0 unspecified atom stereocenters. The first-order chi connectivity index (χ1) is 7.81. The largest absolute Gasteiger partial charge is 0.241 e. The molecule has 0 spiro atoms. The fraction of sp³-hybridized carbons (Fsp3) is 0.231. The SMILES string of the molecule is Cc1nc(-c2ccccc2)sc1CCC#N. The van der Waals surface area contributed by atoms with Gasteiger partial charge in [0.15, 0.2) is 0 Å². The van der Waals surface area contributed by atoms with Crippen LogP contribution in [0.4, 0.5) is 0 Å². The predicted molar refractivity (Wildman–Crippen MR) is 66.2 cm³/mol. The lowest BCUT2D eigenvalue weighted by Crippen LogP contribution is -1.82. The van der Waals surface area contributed by atoms with Gasteiger partial charge in [0, 0.05) is 16.9 Å². The second kappa shape index (κ2) is 4.91. The molecule has 3 heteroatoms. The zero-order valence-electron chi connectivity index (χ0n) is 9.10. The van der Waals surface area contributed by atoms with E-state index in [-0.39, 0.29) is 0 Å². The van der Waals surface area contributed by atoms with Crippen molar-refractivity contribution in [3.63, 3.8) is 0 Å². The van der Waals surface area contributed by atoms with Gasteiger partial charge in [0.1, 0.15) is 5.01 Å². The zero-order chi connectivity index (χ0) is 11.4. The smallest absolute Gasteiger partial charge is 0.123 e. The Morgan fingerprint density at radius 3 is 2.75 bits per heavy atom. The van der Waals surface area contributed by atoms with Crippen molar-refractivity contribution in [1.29, 1.82) is 5.26 Å². The van der Waals surface area contributed by atoms with E-state index < -0.39 is 0 Å². The van der Waals surface area contributed by atoms with E-state index >= 15 is 0 Å². The van der Waals surface area contributed by atoms with Gasteiger partial charge in [-0.3, -0.25) is 0 Å². The van der Waals surface area contributed by atoms with Gasteiger partial charge < -0.3 is 0 Å². The number of aryl methyl sites for hydroxylation is 2. The molecule has 1 aromatic carbocycles. The highest BCUT2D eigenvalue weighted by atomic mass is 32.1. The summed E-state index contributed by atoms with van der Waals surface area (Å²) in [6, 6.07) is 12.3. The lowest BCUT2D eigenvalue weighted by molar-refractivity contribution is 1.01. The molecule has 0 radical (unpaired) electrons. The molecular weight excluding hydrogens is 216 g/mol. The second-order valence-electron chi connectivity index (χ2n) is 3.55. The average Bonchev–Trinajstić information content (AvgIpc) is 2.69. The van der Waals surface area contributed by atoms with E-state index in [1.807, 2.05) is 25.1 Å². The van der Waals surface area contributed by atoms with E-state index in [0.717, 1.165) is 22.7 Å². The Kier molecular flexibility index (Phi) is 3.33. The Balaban J connectivity index is 2.28. The van der Waals surface area contributed by atoms with E-state index in [4.69, 9.17) is 5.26 Å². The average molecular weight is 228 g/mol. The number of nitrogens with zero attached hydrogens (tertiary/aromatic N) is 2. The molecule has 0 aliphatic heterocycles. The van der Waals surface area contributed by atoms with Crippen molar-refractivity contribution in [1.82, 2.24) is 4.98 Å². The summed E-state index contributed by atoms with van der Waals surface area (Å²) in [6.07, 6.45) is 1.38. The van der Waals surface area contributed by atoms with Crippen LogP contribution < -0.4 is 0 Å². The van der Waals surface area contributed by atoms with Crippen molar-refractivity contribution in [2.75, 3.05) is 0 Å². The maximum Gasteiger partial charge on any atom is 0.123 e. The van der Waals surface area contributed by atoms with Crippen LogP contribution in [0.25, 0.3) is 10.6 Å². The first-order valence-corrected chi connectivity index (χ1v) is 6.01. The summed E-state index contributed by atoms with van der Waals surface area (Å²) in [5, 5.41) is 9.62. The van der Waals surface area contributed by atoms with Gasteiger partial charge in [0.2, 0.25) is 0 Å². The molecule has 1 aromatic heterocycles. The van der Waals surface area contributed by atoms with Gasteiger partial charge in [-0.15, -0.1) is 11.3 Å². The summed E-state index contributed by atoms with van der Waals surface area (Å²) in [6.45, 7) is 2.01. The number of hydrogen-bond donors (Lipinski definition) is 0. The third-order valence-electron chi connectivity index (χ3n) is 2.38. The monoisotopic (exact) mass is 228 g/mol. The van der Waals surface area contributed by atoms with Crippen LogP contribution in [0.15, 0.2) is 30.3 Å². The number of nitriles is 1. The molecular formula is C13H12N2S. The number of aromatic nitrogens is 1. The van der Waals surface area contributed by atoms with Gasteiger partial charge >= 0.3 is 0 Å². The highest BCUT2D eigenvalue weighted by Crippen LogP contribution is 2.28. The minimum Gasteiger partial charge on any atom is -0.241 e. The van der Waals surface area contributed by atoms with Gasteiger partial charge in [-0.2, -0.15) is 5.26 Å². The van der Waals surface area contributed by atoms with Gasteiger partial charge in [-0.1, -0.05) is 30.3 Å². The van der Waals surface area contributed by atoms with Crippen LogP contribution in [0.2, 0.25) is 0 Å². The molecule has 0 aliphatic rings. The summed E-state index contributed by atoms with van der Waals surface area (Å²) < 4.78 is 0. The Morgan fingerprint density at radius 1 is 1.31 bits per heavy atom. The number of rotatable bonds is 3. The van der Waals surface area contributed by atoms with Crippen LogP contribution in [0, 0.1) is 18.3 Å². The fourth-order valence-corrected chi connectivity index (χ4v) is 2.60. The molecule has 0 bridgehead atoms. The lowest BCUT2D eigenvalue weighted by atomic mass is 10.2. The fourth-order valence-electron chi connectivity index (χ4n) is 1.53. The molecule has 0 atom stereocenters. The van der Waals surface area contributed by atoms with Crippen LogP contribution in [0.5, 0.6) is 0 Å². The topological polar surface area (TPSA) is 36.7 Å². The summed E-state index contributed by atoms with van der Waals surface area (Å²) in [5.41, 5.74) is 2.21. The van der Waals surface area contributed by atoms with Crippen LogP contribution in [-0.2, 0) is 6.42 Å². The second-order valence-corrected chi connectivity index (χ2v) is 4.64. The minimum absolute atomic E-state index is 0.567. The highest BCUT2D eigenvalue weighted by molar-refractivity contribution is 7.15. The summed E-state index contributed by atoms with van der Waals surface area (Å²) in [7, 11) is 0. The molecule has 0 fully saturated rings. The molecule has 80 valence electrons. The standard InChI is InChI=1S/C13H12N2S/c1-10-12(8-5-9-14)16-13(15-10)11-6-3-2-4-7-11/h2-4,6-7H,5,8H2,1H3. The molecule has 16 heavy (non-hydrogen) atoms. The molecule has 0 saturated heterocycles. The van der Waals surface area contributed by atoms with Crippen LogP contribution >= 0.6 is 11.3 Å². The van der Waals surface area contributed by atoms with Crippen LogP contribution in [0.3, 0.4) is 0 Å². The van der Waals surface area contributed by atoms with Crippen molar-refractivity contribution in [3.8, 4) is 16.6 Å². The number of benzene rings is 1. The van der Waals surface area contributed by atoms with Crippen molar-refractivity contribution >= 4 is 11.3 Å².